The van der Waals surface area contributed by atoms with Gasteiger partial charge in [0.1, 0.15) is 0 Å². The molecule has 0 N–H and O–H groups in total. The normalized spacial score (nSPS) is 10.5. The molecule has 4 heteroatoms. The summed E-state index contributed by atoms with van der Waals surface area (Å²) < 4.78 is 0. The average molecular weight is 258 g/mol. The number of hydrogen-bond donors (Lipinski definition) is 0. The highest BCUT2D eigenvalue weighted by atomic mass is 35.5. The van der Waals surface area contributed by atoms with E-state index in [1.807, 2.05) is 29.8 Å². The van der Waals surface area contributed by atoms with Crippen LogP contribution in [-0.4, -0.2) is 10.9 Å². The lowest BCUT2D eigenvalue weighted by Crippen LogP contribution is -1.86. The lowest BCUT2D eigenvalue weighted by atomic mass is 10.1. The molecule has 78 valence electrons. The molecule has 0 aliphatic heterocycles. The number of rotatable bonds is 3. The van der Waals surface area contributed by atoms with Gasteiger partial charge in [-0.2, -0.15) is 0 Å². The van der Waals surface area contributed by atoms with Crippen molar-refractivity contribution in [2.75, 3.05) is 5.88 Å². The zero-order valence-electron chi connectivity index (χ0n) is 7.91. The van der Waals surface area contributed by atoms with Gasteiger partial charge in [-0.15, -0.1) is 22.9 Å². The molecule has 0 amide bonds. The van der Waals surface area contributed by atoms with Crippen molar-refractivity contribution >= 4 is 34.5 Å². The molecule has 1 heterocycles. The maximum atomic E-state index is 5.84. The van der Waals surface area contributed by atoms with Crippen molar-refractivity contribution in [3.8, 4) is 11.3 Å². The molecule has 0 bridgehead atoms. The Balaban J connectivity index is 2.36. The van der Waals surface area contributed by atoms with E-state index >= 15 is 0 Å². The van der Waals surface area contributed by atoms with E-state index in [1.54, 1.807) is 11.3 Å². The Bertz CT molecular complexity index is 436. The zero-order chi connectivity index (χ0) is 10.7. The molecule has 2 aromatic rings. The van der Waals surface area contributed by atoms with E-state index in [2.05, 4.69) is 4.98 Å². The maximum absolute atomic E-state index is 5.84. The van der Waals surface area contributed by atoms with E-state index in [-0.39, 0.29) is 0 Å². The summed E-state index contributed by atoms with van der Waals surface area (Å²) >= 11 is 13.2. The number of aryl methyl sites for hydroxylation is 1. The van der Waals surface area contributed by atoms with Crippen LogP contribution >= 0.6 is 34.5 Å². The minimum Gasteiger partial charge on any atom is -0.244 e. The molecular formula is C11H9Cl2NS. The number of aromatic nitrogens is 1. The molecule has 1 aromatic heterocycles. The van der Waals surface area contributed by atoms with Crippen molar-refractivity contribution in [1.82, 2.24) is 4.98 Å². The van der Waals surface area contributed by atoms with Crippen molar-refractivity contribution in [2.45, 2.75) is 6.42 Å². The van der Waals surface area contributed by atoms with Gasteiger partial charge in [-0.05, 0) is 18.6 Å². The third kappa shape index (κ3) is 2.51. The highest BCUT2D eigenvalue weighted by Gasteiger charge is 2.07. The first-order chi connectivity index (χ1) is 7.31. The van der Waals surface area contributed by atoms with Crippen molar-refractivity contribution in [3.63, 3.8) is 0 Å². The van der Waals surface area contributed by atoms with Gasteiger partial charge in [0.25, 0.3) is 0 Å². The van der Waals surface area contributed by atoms with Crippen LogP contribution in [-0.2, 0) is 6.42 Å². The molecule has 0 spiro atoms. The summed E-state index contributed by atoms with van der Waals surface area (Å²) in [5.41, 5.74) is 3.98. The molecular weight excluding hydrogens is 249 g/mol. The number of halogens is 2. The molecule has 1 nitrogen and oxygen atoms in total. The molecule has 2 rings (SSSR count). The predicted octanol–water partition coefficient (Wildman–Crippen LogP) is 4.24. The van der Waals surface area contributed by atoms with Crippen LogP contribution in [0.2, 0.25) is 5.02 Å². The molecule has 0 unspecified atom stereocenters. The number of benzene rings is 1. The summed E-state index contributed by atoms with van der Waals surface area (Å²) in [5, 5.41) is 0.743. The van der Waals surface area contributed by atoms with Gasteiger partial charge >= 0.3 is 0 Å². The first-order valence-corrected chi connectivity index (χ1v) is 6.34. The molecule has 0 saturated heterocycles. The summed E-state index contributed by atoms with van der Waals surface area (Å²) in [6, 6.07) is 7.71. The molecule has 0 radical (unpaired) electrons. The van der Waals surface area contributed by atoms with Gasteiger partial charge in [0.05, 0.1) is 11.2 Å². The monoisotopic (exact) mass is 257 g/mol. The van der Waals surface area contributed by atoms with Crippen LogP contribution in [0.3, 0.4) is 0 Å². The minimum atomic E-state index is 0.628. The number of thiazole rings is 1. The van der Waals surface area contributed by atoms with Crippen molar-refractivity contribution in [2.24, 2.45) is 0 Å². The van der Waals surface area contributed by atoms with Crippen LogP contribution in [0.5, 0.6) is 0 Å². The Morgan fingerprint density at radius 3 is 2.60 bits per heavy atom. The fourth-order valence-corrected chi connectivity index (χ4v) is 2.59. The van der Waals surface area contributed by atoms with Gasteiger partial charge in [0.15, 0.2) is 0 Å². The smallest absolute Gasteiger partial charge is 0.0843 e. The third-order valence-electron chi connectivity index (χ3n) is 2.08. The van der Waals surface area contributed by atoms with E-state index in [4.69, 9.17) is 23.2 Å². The average Bonchev–Trinajstić information content (AvgIpc) is 2.68. The van der Waals surface area contributed by atoms with Gasteiger partial charge < -0.3 is 0 Å². The van der Waals surface area contributed by atoms with Crippen molar-refractivity contribution < 1.29 is 0 Å². The Labute approximate surface area is 103 Å². The molecule has 15 heavy (non-hydrogen) atoms. The number of hydrogen-bond acceptors (Lipinski definition) is 2. The summed E-state index contributed by atoms with van der Waals surface area (Å²) in [7, 11) is 0. The Kier molecular flexibility index (Phi) is 3.62. The molecule has 0 aliphatic rings. The molecule has 0 atom stereocenters. The number of alkyl halides is 1. The first-order valence-electron chi connectivity index (χ1n) is 4.55. The van der Waals surface area contributed by atoms with Crippen LogP contribution in [0.25, 0.3) is 11.3 Å². The van der Waals surface area contributed by atoms with Gasteiger partial charge in [-0.1, -0.05) is 23.7 Å². The van der Waals surface area contributed by atoms with Gasteiger partial charge in [-0.25, -0.2) is 4.98 Å². The van der Waals surface area contributed by atoms with Crippen molar-refractivity contribution in [3.05, 3.63) is 39.7 Å². The van der Waals surface area contributed by atoms with Crippen molar-refractivity contribution in [1.29, 1.82) is 0 Å². The van der Waals surface area contributed by atoms with Crippen LogP contribution in [0.15, 0.2) is 29.8 Å². The summed E-state index contributed by atoms with van der Waals surface area (Å²) in [6.45, 7) is 0. The van der Waals surface area contributed by atoms with E-state index in [9.17, 15) is 0 Å². The quantitative estimate of drug-likeness (QED) is 0.750. The second-order valence-corrected chi connectivity index (χ2v) is 4.82. The van der Waals surface area contributed by atoms with Gasteiger partial charge in [0.2, 0.25) is 0 Å². The molecule has 0 fully saturated rings. The number of nitrogens with zero attached hydrogens (tertiary/aromatic N) is 1. The van der Waals surface area contributed by atoms with Crippen LogP contribution in [0.1, 0.15) is 4.88 Å². The predicted molar refractivity (Wildman–Crippen MR) is 67.0 cm³/mol. The highest BCUT2D eigenvalue weighted by molar-refractivity contribution is 7.10. The van der Waals surface area contributed by atoms with E-state index in [1.165, 1.54) is 4.88 Å². The zero-order valence-corrected chi connectivity index (χ0v) is 10.2. The largest absolute Gasteiger partial charge is 0.244 e. The SMILES string of the molecule is ClCCc1scnc1-c1ccc(Cl)cc1. The van der Waals surface area contributed by atoms with Crippen LogP contribution in [0.4, 0.5) is 0 Å². The molecule has 1 aromatic carbocycles. The Hall–Kier alpha value is -0.570. The fourth-order valence-electron chi connectivity index (χ4n) is 1.38. The summed E-state index contributed by atoms with van der Waals surface area (Å²) in [6.07, 6.45) is 0.865. The topological polar surface area (TPSA) is 12.9 Å². The second kappa shape index (κ2) is 4.97. The maximum Gasteiger partial charge on any atom is 0.0843 e. The molecule has 0 aliphatic carbocycles. The lowest BCUT2D eigenvalue weighted by molar-refractivity contribution is 1.18. The minimum absolute atomic E-state index is 0.628. The van der Waals surface area contributed by atoms with Gasteiger partial charge in [0, 0.05) is 21.3 Å². The van der Waals surface area contributed by atoms with E-state index in [0.717, 1.165) is 22.7 Å². The second-order valence-electron chi connectivity index (χ2n) is 3.07. The Morgan fingerprint density at radius 1 is 1.20 bits per heavy atom. The van der Waals surface area contributed by atoms with Gasteiger partial charge in [-0.3, -0.25) is 0 Å². The first kappa shape index (κ1) is 10.9. The lowest BCUT2D eigenvalue weighted by Gasteiger charge is -2.00. The van der Waals surface area contributed by atoms with E-state index in [0.29, 0.717) is 5.88 Å². The molecule has 0 saturated carbocycles. The Morgan fingerprint density at radius 2 is 1.93 bits per heavy atom. The third-order valence-corrected chi connectivity index (χ3v) is 3.41. The van der Waals surface area contributed by atoms with Crippen LogP contribution < -0.4 is 0 Å². The van der Waals surface area contributed by atoms with E-state index < -0.39 is 0 Å². The summed E-state index contributed by atoms with van der Waals surface area (Å²) in [5.74, 6) is 0.628. The highest BCUT2D eigenvalue weighted by Crippen LogP contribution is 2.27. The van der Waals surface area contributed by atoms with Crippen LogP contribution in [0, 0.1) is 0 Å². The standard InChI is InChI=1S/C11H9Cl2NS/c12-6-5-10-11(14-7-15-10)8-1-3-9(13)4-2-8/h1-4,7H,5-6H2. The fraction of sp³-hybridized carbons (Fsp3) is 0.182. The summed E-state index contributed by atoms with van der Waals surface area (Å²) in [4.78, 5) is 5.58.